The van der Waals surface area contributed by atoms with E-state index in [-0.39, 0.29) is 16.6 Å². The van der Waals surface area contributed by atoms with E-state index in [9.17, 15) is 9.59 Å². The van der Waals surface area contributed by atoms with Crippen molar-refractivity contribution in [3.63, 3.8) is 0 Å². The first-order chi connectivity index (χ1) is 11.6. The fourth-order valence-electron chi connectivity index (χ4n) is 2.25. The van der Waals surface area contributed by atoms with E-state index in [2.05, 4.69) is 44.3 Å². The molecule has 134 valence electrons. The summed E-state index contributed by atoms with van der Waals surface area (Å²) in [7, 11) is 0. The molecule has 2 aromatic rings. The maximum atomic E-state index is 12.5. The fraction of sp³-hybridized carbons (Fsp3) is 0.368. The highest BCUT2D eigenvalue weighted by atomic mass is 32.2. The van der Waals surface area contributed by atoms with Crippen molar-refractivity contribution in [1.82, 2.24) is 0 Å². The molecule has 3 N–H and O–H groups in total. The van der Waals surface area contributed by atoms with Gasteiger partial charge in [-0.05, 0) is 47.9 Å². The standard InChI is InChI=1S/C19H24N2O2S2/c1-11-6-7-13(19(3,4)5)10-15(11)25-12(2)17(23)21-18-14(16(20)22)8-9-24-18/h6-10,12H,1-5H3,(H2,20,22)(H,21,23)/t12-/m1/s1. The van der Waals surface area contributed by atoms with Crippen LogP contribution in [0.25, 0.3) is 0 Å². The Morgan fingerprint density at radius 3 is 2.52 bits per heavy atom. The van der Waals surface area contributed by atoms with Gasteiger partial charge in [-0.25, -0.2) is 0 Å². The predicted octanol–water partition coefficient (Wildman–Crippen LogP) is 4.57. The van der Waals surface area contributed by atoms with Gasteiger partial charge in [0.2, 0.25) is 5.91 Å². The van der Waals surface area contributed by atoms with Crippen LogP contribution in [0.5, 0.6) is 0 Å². The van der Waals surface area contributed by atoms with E-state index in [4.69, 9.17) is 5.73 Å². The third-order valence-corrected chi connectivity index (χ3v) is 5.99. The van der Waals surface area contributed by atoms with Crippen LogP contribution in [-0.2, 0) is 10.2 Å². The molecule has 1 aromatic carbocycles. The molecule has 1 atom stereocenters. The van der Waals surface area contributed by atoms with Crippen LogP contribution in [0.2, 0.25) is 0 Å². The zero-order chi connectivity index (χ0) is 18.8. The van der Waals surface area contributed by atoms with Gasteiger partial charge in [-0.2, -0.15) is 0 Å². The first kappa shape index (κ1) is 19.5. The van der Waals surface area contributed by atoms with Gasteiger partial charge in [0.05, 0.1) is 10.8 Å². The van der Waals surface area contributed by atoms with Crippen molar-refractivity contribution >= 4 is 39.9 Å². The van der Waals surface area contributed by atoms with E-state index in [1.54, 1.807) is 11.4 Å². The lowest BCUT2D eigenvalue weighted by molar-refractivity contribution is -0.115. The molecule has 4 nitrogen and oxygen atoms in total. The Bertz CT molecular complexity index is 791. The van der Waals surface area contributed by atoms with Gasteiger partial charge in [0.25, 0.3) is 5.91 Å². The zero-order valence-corrected chi connectivity index (χ0v) is 16.8. The van der Waals surface area contributed by atoms with Crippen molar-refractivity contribution in [2.45, 2.75) is 50.2 Å². The summed E-state index contributed by atoms with van der Waals surface area (Å²) in [6.07, 6.45) is 0. The molecule has 2 amide bonds. The van der Waals surface area contributed by atoms with Crippen LogP contribution in [0, 0.1) is 6.92 Å². The Kier molecular flexibility index (Phi) is 5.95. The summed E-state index contributed by atoms with van der Waals surface area (Å²) < 4.78 is 0. The van der Waals surface area contributed by atoms with E-state index >= 15 is 0 Å². The number of primary amides is 1. The van der Waals surface area contributed by atoms with Crippen LogP contribution in [0.4, 0.5) is 5.00 Å². The van der Waals surface area contributed by atoms with Crippen LogP contribution in [0.3, 0.4) is 0 Å². The van der Waals surface area contributed by atoms with Gasteiger partial charge < -0.3 is 11.1 Å². The molecule has 25 heavy (non-hydrogen) atoms. The second kappa shape index (κ2) is 7.62. The van der Waals surface area contributed by atoms with Crippen LogP contribution >= 0.6 is 23.1 Å². The Labute approximate surface area is 157 Å². The summed E-state index contributed by atoms with van der Waals surface area (Å²) in [5.74, 6) is -0.680. The topological polar surface area (TPSA) is 72.2 Å². The highest BCUT2D eigenvalue weighted by Gasteiger charge is 2.20. The van der Waals surface area contributed by atoms with Gasteiger partial charge in [-0.3, -0.25) is 9.59 Å². The van der Waals surface area contributed by atoms with E-state index < -0.39 is 5.91 Å². The summed E-state index contributed by atoms with van der Waals surface area (Å²) in [5.41, 5.74) is 8.11. The number of carbonyl (C=O) groups is 2. The average Bonchev–Trinajstić information content (AvgIpc) is 2.96. The summed E-state index contributed by atoms with van der Waals surface area (Å²) in [6, 6.07) is 8.01. The molecular formula is C19H24N2O2S2. The monoisotopic (exact) mass is 376 g/mol. The molecule has 0 spiro atoms. The molecule has 0 saturated heterocycles. The lowest BCUT2D eigenvalue weighted by atomic mass is 9.87. The maximum absolute atomic E-state index is 12.5. The molecule has 0 unspecified atom stereocenters. The molecule has 6 heteroatoms. The summed E-state index contributed by atoms with van der Waals surface area (Å²) in [4.78, 5) is 25.0. The van der Waals surface area contributed by atoms with E-state index in [0.717, 1.165) is 10.5 Å². The molecule has 0 aliphatic heterocycles. The van der Waals surface area contributed by atoms with Crippen LogP contribution in [0.15, 0.2) is 34.5 Å². The maximum Gasteiger partial charge on any atom is 0.251 e. The third-order valence-electron chi connectivity index (χ3n) is 3.89. The van der Waals surface area contributed by atoms with Gasteiger partial charge in [0.15, 0.2) is 0 Å². The number of hydrogen-bond donors (Lipinski definition) is 2. The van der Waals surface area contributed by atoms with E-state index in [0.29, 0.717) is 10.6 Å². The van der Waals surface area contributed by atoms with Gasteiger partial charge in [-0.15, -0.1) is 23.1 Å². The number of anilines is 1. The second-order valence-electron chi connectivity index (χ2n) is 7.01. The molecule has 1 heterocycles. The minimum atomic E-state index is -0.537. The molecule has 0 fully saturated rings. The van der Waals surface area contributed by atoms with Crippen molar-refractivity contribution in [1.29, 1.82) is 0 Å². The third kappa shape index (κ3) is 4.86. The predicted molar refractivity (Wildman–Crippen MR) is 107 cm³/mol. The van der Waals surface area contributed by atoms with E-state index in [1.807, 2.05) is 13.8 Å². The fourth-order valence-corrected chi connectivity index (χ4v) is 4.04. The molecule has 1 aromatic heterocycles. The smallest absolute Gasteiger partial charge is 0.251 e. The normalized spacial score (nSPS) is 12.7. The number of hydrogen-bond acceptors (Lipinski definition) is 4. The van der Waals surface area contributed by atoms with Gasteiger partial charge in [-0.1, -0.05) is 32.9 Å². The minimum absolute atomic E-state index is 0.0574. The molecule has 0 radical (unpaired) electrons. The summed E-state index contributed by atoms with van der Waals surface area (Å²) in [5, 5.41) is 4.76. The van der Waals surface area contributed by atoms with Crippen LogP contribution in [0.1, 0.15) is 49.2 Å². The molecule has 0 aliphatic rings. The van der Waals surface area contributed by atoms with E-state index in [1.165, 1.54) is 28.7 Å². The Morgan fingerprint density at radius 1 is 1.24 bits per heavy atom. The number of nitrogens with one attached hydrogen (secondary N) is 1. The number of benzene rings is 1. The van der Waals surface area contributed by atoms with Crippen LogP contribution < -0.4 is 11.1 Å². The molecule has 0 aliphatic carbocycles. The van der Waals surface area contributed by atoms with Crippen LogP contribution in [-0.4, -0.2) is 17.1 Å². The number of carbonyl (C=O) groups excluding carboxylic acids is 2. The zero-order valence-electron chi connectivity index (χ0n) is 15.2. The SMILES string of the molecule is Cc1ccc(C(C)(C)C)cc1S[C@H](C)C(=O)Nc1sccc1C(N)=O. The van der Waals surface area contributed by atoms with Crippen molar-refractivity contribution < 1.29 is 9.59 Å². The summed E-state index contributed by atoms with van der Waals surface area (Å²) in [6.45, 7) is 10.4. The van der Waals surface area contributed by atoms with Gasteiger partial charge in [0.1, 0.15) is 5.00 Å². The average molecular weight is 377 g/mol. The Balaban J connectivity index is 2.13. The molecular weight excluding hydrogens is 352 g/mol. The molecule has 0 saturated carbocycles. The highest BCUT2D eigenvalue weighted by molar-refractivity contribution is 8.00. The quantitative estimate of drug-likeness (QED) is 0.751. The van der Waals surface area contributed by atoms with Crippen molar-refractivity contribution in [3.8, 4) is 0 Å². The van der Waals surface area contributed by atoms with Crippen molar-refractivity contribution in [2.24, 2.45) is 5.73 Å². The second-order valence-corrected chi connectivity index (χ2v) is 9.31. The van der Waals surface area contributed by atoms with Crippen molar-refractivity contribution in [2.75, 3.05) is 5.32 Å². The van der Waals surface area contributed by atoms with Gasteiger partial charge in [0, 0.05) is 4.90 Å². The summed E-state index contributed by atoms with van der Waals surface area (Å²) >= 11 is 2.82. The number of rotatable bonds is 5. The number of thiophene rings is 1. The Morgan fingerprint density at radius 2 is 1.92 bits per heavy atom. The first-order valence-corrected chi connectivity index (χ1v) is 9.81. The Hall–Kier alpha value is -1.79. The lowest BCUT2D eigenvalue weighted by Crippen LogP contribution is -2.23. The largest absolute Gasteiger partial charge is 0.366 e. The number of amides is 2. The lowest BCUT2D eigenvalue weighted by Gasteiger charge is -2.21. The number of nitrogens with two attached hydrogens (primary N) is 1. The van der Waals surface area contributed by atoms with Crippen molar-refractivity contribution in [3.05, 3.63) is 46.3 Å². The van der Waals surface area contributed by atoms with Gasteiger partial charge >= 0.3 is 0 Å². The molecule has 0 bridgehead atoms. The number of thioether (sulfide) groups is 1. The number of aryl methyl sites for hydroxylation is 1. The first-order valence-electron chi connectivity index (χ1n) is 8.05. The molecule has 2 rings (SSSR count). The highest BCUT2D eigenvalue weighted by Crippen LogP contribution is 2.32. The minimum Gasteiger partial charge on any atom is -0.366 e.